The molecule has 0 bridgehead atoms. The normalized spacial score (nSPS) is 9.07. The predicted octanol–water partition coefficient (Wildman–Crippen LogP) is 2.20. The second-order valence-electron chi connectivity index (χ2n) is 2.52. The molecule has 0 fully saturated rings. The van der Waals surface area contributed by atoms with Gasteiger partial charge in [-0.25, -0.2) is 4.98 Å². The first-order chi connectivity index (χ1) is 6.86. The molecule has 2 aromatic heterocycles. The molecular formula is C10H14N4. The van der Waals surface area contributed by atoms with Gasteiger partial charge in [0.2, 0.25) is 0 Å². The monoisotopic (exact) mass is 190 g/mol. The van der Waals surface area contributed by atoms with Crippen molar-refractivity contribution in [3.8, 4) is 11.4 Å². The number of aromatic nitrogens is 4. The van der Waals surface area contributed by atoms with Gasteiger partial charge in [-0.1, -0.05) is 13.8 Å². The van der Waals surface area contributed by atoms with E-state index in [1.54, 1.807) is 6.20 Å². The number of aromatic amines is 1. The molecule has 0 spiro atoms. The number of H-pyrrole nitrogens is 1. The van der Waals surface area contributed by atoms with E-state index in [9.17, 15) is 0 Å². The van der Waals surface area contributed by atoms with Gasteiger partial charge in [0.05, 0.1) is 0 Å². The first-order valence-corrected chi connectivity index (χ1v) is 4.64. The minimum absolute atomic E-state index is 0.752. The molecule has 0 aliphatic carbocycles. The lowest BCUT2D eigenvalue weighted by atomic mass is 10.2. The first-order valence-electron chi connectivity index (χ1n) is 4.64. The third kappa shape index (κ3) is 2.39. The molecule has 0 saturated carbocycles. The number of hydrogen-bond donors (Lipinski definition) is 1. The maximum Gasteiger partial charge on any atom is 0.156 e. The molecule has 1 N–H and O–H groups in total. The fraction of sp³-hybridized carbons (Fsp3) is 0.300. The summed E-state index contributed by atoms with van der Waals surface area (Å²) >= 11 is 0. The minimum Gasteiger partial charge on any atom is -0.261 e. The SMILES string of the molecule is CC.Cc1ccc(-c2ncn[nH]2)cn1. The fourth-order valence-corrected chi connectivity index (χ4v) is 0.952. The molecule has 0 radical (unpaired) electrons. The highest BCUT2D eigenvalue weighted by Gasteiger charge is 1.98. The molecule has 0 aliphatic rings. The number of hydrogen-bond acceptors (Lipinski definition) is 3. The van der Waals surface area contributed by atoms with Crippen molar-refractivity contribution in [2.24, 2.45) is 0 Å². The summed E-state index contributed by atoms with van der Waals surface area (Å²) in [7, 11) is 0. The second-order valence-corrected chi connectivity index (χ2v) is 2.52. The summed E-state index contributed by atoms with van der Waals surface area (Å²) in [5.74, 6) is 0.752. The zero-order valence-corrected chi connectivity index (χ0v) is 8.65. The molecule has 0 amide bonds. The number of pyridine rings is 1. The van der Waals surface area contributed by atoms with Crippen molar-refractivity contribution in [2.45, 2.75) is 20.8 Å². The topological polar surface area (TPSA) is 54.5 Å². The van der Waals surface area contributed by atoms with Crippen LogP contribution in [0.4, 0.5) is 0 Å². The molecule has 0 atom stereocenters. The maximum atomic E-state index is 4.15. The van der Waals surface area contributed by atoms with Crippen LogP contribution in [0.5, 0.6) is 0 Å². The molecule has 2 heterocycles. The summed E-state index contributed by atoms with van der Waals surface area (Å²) in [4.78, 5) is 8.16. The van der Waals surface area contributed by atoms with Gasteiger partial charge in [0.15, 0.2) is 5.82 Å². The Balaban J connectivity index is 0.000000461. The molecular weight excluding hydrogens is 176 g/mol. The summed E-state index contributed by atoms with van der Waals surface area (Å²) in [6.07, 6.45) is 3.25. The smallest absolute Gasteiger partial charge is 0.156 e. The molecule has 2 aromatic rings. The molecule has 4 nitrogen and oxygen atoms in total. The van der Waals surface area contributed by atoms with Crippen LogP contribution in [0.25, 0.3) is 11.4 Å². The molecule has 0 unspecified atom stereocenters. The van der Waals surface area contributed by atoms with Crippen LogP contribution < -0.4 is 0 Å². The zero-order chi connectivity index (χ0) is 10.4. The van der Waals surface area contributed by atoms with Gasteiger partial charge in [0, 0.05) is 17.5 Å². The molecule has 0 aromatic carbocycles. The second kappa shape index (κ2) is 5.11. The Bertz CT molecular complexity index is 350. The third-order valence-electron chi connectivity index (χ3n) is 1.60. The minimum atomic E-state index is 0.752. The lowest BCUT2D eigenvalue weighted by molar-refractivity contribution is 1.09. The lowest BCUT2D eigenvalue weighted by Crippen LogP contribution is -1.84. The van der Waals surface area contributed by atoms with Gasteiger partial charge in [-0.2, -0.15) is 5.10 Å². The number of nitrogens with one attached hydrogen (secondary N) is 1. The average molecular weight is 190 g/mol. The standard InChI is InChI=1S/C8H8N4.C2H6/c1-6-2-3-7(4-9-6)8-10-5-11-12-8;1-2/h2-5H,1H3,(H,10,11,12);1-2H3. The Morgan fingerprint density at radius 1 is 1.14 bits per heavy atom. The maximum absolute atomic E-state index is 4.15. The Kier molecular flexibility index (Phi) is 3.79. The molecule has 0 saturated heterocycles. The highest BCUT2D eigenvalue weighted by atomic mass is 15.2. The summed E-state index contributed by atoms with van der Waals surface area (Å²) in [5, 5.41) is 6.53. The quantitative estimate of drug-likeness (QED) is 0.750. The van der Waals surface area contributed by atoms with Crippen LogP contribution in [-0.2, 0) is 0 Å². The molecule has 2 rings (SSSR count). The van der Waals surface area contributed by atoms with Crippen LogP contribution in [0.15, 0.2) is 24.7 Å². The van der Waals surface area contributed by atoms with Gasteiger partial charge in [-0.05, 0) is 19.1 Å². The highest BCUT2D eigenvalue weighted by Crippen LogP contribution is 2.11. The number of nitrogens with zero attached hydrogens (tertiary/aromatic N) is 3. The fourth-order valence-electron chi connectivity index (χ4n) is 0.952. The van der Waals surface area contributed by atoms with E-state index in [1.807, 2.05) is 32.9 Å². The third-order valence-corrected chi connectivity index (χ3v) is 1.60. The molecule has 14 heavy (non-hydrogen) atoms. The van der Waals surface area contributed by atoms with E-state index in [1.165, 1.54) is 6.33 Å². The lowest BCUT2D eigenvalue weighted by Gasteiger charge is -1.94. The van der Waals surface area contributed by atoms with Crippen LogP contribution in [0.2, 0.25) is 0 Å². The summed E-state index contributed by atoms with van der Waals surface area (Å²) in [6, 6.07) is 3.90. The van der Waals surface area contributed by atoms with Crippen LogP contribution in [0.3, 0.4) is 0 Å². The van der Waals surface area contributed by atoms with E-state index in [0.717, 1.165) is 17.1 Å². The van der Waals surface area contributed by atoms with E-state index in [4.69, 9.17) is 0 Å². The van der Waals surface area contributed by atoms with Crippen molar-refractivity contribution >= 4 is 0 Å². The van der Waals surface area contributed by atoms with E-state index in [0.29, 0.717) is 0 Å². The van der Waals surface area contributed by atoms with Crippen LogP contribution in [-0.4, -0.2) is 20.2 Å². The van der Waals surface area contributed by atoms with Gasteiger partial charge < -0.3 is 0 Å². The summed E-state index contributed by atoms with van der Waals surface area (Å²) < 4.78 is 0. The summed E-state index contributed by atoms with van der Waals surface area (Å²) in [6.45, 7) is 5.95. The van der Waals surface area contributed by atoms with Crippen molar-refractivity contribution in [3.63, 3.8) is 0 Å². The van der Waals surface area contributed by atoms with Crippen molar-refractivity contribution in [2.75, 3.05) is 0 Å². The Morgan fingerprint density at radius 2 is 1.93 bits per heavy atom. The Morgan fingerprint density at radius 3 is 2.43 bits per heavy atom. The first kappa shape index (κ1) is 10.4. The van der Waals surface area contributed by atoms with E-state index in [2.05, 4.69) is 20.2 Å². The van der Waals surface area contributed by atoms with Crippen molar-refractivity contribution in [1.82, 2.24) is 20.2 Å². The van der Waals surface area contributed by atoms with E-state index < -0.39 is 0 Å². The Labute approximate surface area is 83.4 Å². The van der Waals surface area contributed by atoms with Gasteiger partial charge in [0.25, 0.3) is 0 Å². The van der Waals surface area contributed by atoms with Crippen molar-refractivity contribution < 1.29 is 0 Å². The number of aryl methyl sites for hydroxylation is 1. The van der Waals surface area contributed by atoms with Crippen molar-refractivity contribution in [1.29, 1.82) is 0 Å². The van der Waals surface area contributed by atoms with Gasteiger partial charge in [-0.3, -0.25) is 10.1 Å². The Hall–Kier alpha value is -1.71. The van der Waals surface area contributed by atoms with Crippen LogP contribution in [0, 0.1) is 6.92 Å². The van der Waals surface area contributed by atoms with E-state index in [-0.39, 0.29) is 0 Å². The van der Waals surface area contributed by atoms with E-state index >= 15 is 0 Å². The van der Waals surface area contributed by atoms with Crippen molar-refractivity contribution in [3.05, 3.63) is 30.4 Å². The highest BCUT2D eigenvalue weighted by molar-refractivity contribution is 5.52. The molecule has 0 aliphatic heterocycles. The van der Waals surface area contributed by atoms with Crippen LogP contribution >= 0.6 is 0 Å². The average Bonchev–Trinajstić information content (AvgIpc) is 2.75. The largest absolute Gasteiger partial charge is 0.261 e. The zero-order valence-electron chi connectivity index (χ0n) is 8.65. The predicted molar refractivity (Wildman–Crippen MR) is 55.7 cm³/mol. The van der Waals surface area contributed by atoms with Gasteiger partial charge in [0.1, 0.15) is 6.33 Å². The molecule has 74 valence electrons. The van der Waals surface area contributed by atoms with Gasteiger partial charge >= 0.3 is 0 Å². The van der Waals surface area contributed by atoms with Crippen LogP contribution in [0.1, 0.15) is 19.5 Å². The molecule has 4 heteroatoms. The number of rotatable bonds is 1. The summed E-state index contributed by atoms with van der Waals surface area (Å²) in [5.41, 5.74) is 1.95. The van der Waals surface area contributed by atoms with Gasteiger partial charge in [-0.15, -0.1) is 0 Å².